The minimum atomic E-state index is -0.112. The van der Waals surface area contributed by atoms with Crippen molar-refractivity contribution in [1.82, 2.24) is 14.9 Å². The van der Waals surface area contributed by atoms with Crippen LogP contribution in [0.1, 0.15) is 16.8 Å². The van der Waals surface area contributed by atoms with Crippen LogP contribution < -0.4 is 15.6 Å². The molecule has 1 aromatic heterocycles. The van der Waals surface area contributed by atoms with Crippen molar-refractivity contribution in [2.75, 3.05) is 13.7 Å². The lowest BCUT2D eigenvalue weighted by Crippen LogP contribution is -2.32. The normalized spacial score (nSPS) is 10.4. The van der Waals surface area contributed by atoms with Gasteiger partial charge in [-0.25, -0.2) is 4.98 Å². The lowest BCUT2D eigenvalue weighted by atomic mass is 10.1. The van der Waals surface area contributed by atoms with Crippen LogP contribution in [0.15, 0.2) is 35.4 Å². The topological polar surface area (TPSA) is 73.2 Å². The third kappa shape index (κ3) is 4.18. The van der Waals surface area contributed by atoms with E-state index in [4.69, 9.17) is 4.74 Å². The highest BCUT2D eigenvalue weighted by Crippen LogP contribution is 2.17. The van der Waals surface area contributed by atoms with Gasteiger partial charge in [0.15, 0.2) is 0 Å². The van der Waals surface area contributed by atoms with Crippen molar-refractivity contribution in [1.29, 1.82) is 0 Å². The lowest BCUT2D eigenvalue weighted by molar-refractivity contribution is -0.120. The molecule has 0 fully saturated rings. The molecule has 0 unspecified atom stereocenters. The molecule has 1 N–H and O–H groups in total. The maximum atomic E-state index is 12.0. The number of aromatic nitrogens is 2. The molecule has 0 saturated heterocycles. The van der Waals surface area contributed by atoms with Crippen LogP contribution in [0, 0.1) is 13.8 Å². The number of carbonyl (C=O) groups is 1. The summed E-state index contributed by atoms with van der Waals surface area (Å²) in [6.07, 6.45) is 1.75. The number of carbonyl (C=O) groups excluding carboxylic acids is 1. The number of hydrogen-bond acceptors (Lipinski definition) is 4. The Labute approximate surface area is 135 Å². The lowest BCUT2D eigenvalue weighted by Gasteiger charge is -2.10. The van der Waals surface area contributed by atoms with E-state index < -0.39 is 0 Å². The van der Waals surface area contributed by atoms with Crippen molar-refractivity contribution >= 4 is 5.91 Å². The first-order valence-electron chi connectivity index (χ1n) is 7.44. The minimum absolute atomic E-state index is 0.0727. The summed E-state index contributed by atoms with van der Waals surface area (Å²) >= 11 is 0. The van der Waals surface area contributed by atoms with Crippen LogP contribution >= 0.6 is 0 Å². The van der Waals surface area contributed by atoms with Crippen LogP contribution in [0.5, 0.6) is 5.75 Å². The van der Waals surface area contributed by atoms with E-state index in [-0.39, 0.29) is 17.9 Å². The molecule has 0 aliphatic carbocycles. The number of amides is 1. The Morgan fingerprint density at radius 2 is 2.04 bits per heavy atom. The van der Waals surface area contributed by atoms with Crippen LogP contribution in [0.2, 0.25) is 0 Å². The number of para-hydroxylation sites is 1. The summed E-state index contributed by atoms with van der Waals surface area (Å²) in [4.78, 5) is 28.2. The zero-order valence-electron chi connectivity index (χ0n) is 13.6. The molecule has 0 aliphatic heterocycles. The first kappa shape index (κ1) is 16.7. The van der Waals surface area contributed by atoms with Crippen molar-refractivity contribution in [3.63, 3.8) is 0 Å². The fourth-order valence-corrected chi connectivity index (χ4v) is 2.24. The molecule has 0 atom stereocenters. The highest BCUT2D eigenvalue weighted by Gasteiger charge is 2.08. The van der Waals surface area contributed by atoms with Crippen molar-refractivity contribution < 1.29 is 9.53 Å². The first-order valence-corrected chi connectivity index (χ1v) is 7.44. The van der Waals surface area contributed by atoms with Crippen molar-refractivity contribution in [3.8, 4) is 5.75 Å². The fourth-order valence-electron chi connectivity index (χ4n) is 2.24. The van der Waals surface area contributed by atoms with Crippen LogP contribution in [0.3, 0.4) is 0 Å². The van der Waals surface area contributed by atoms with Crippen LogP contribution in [0.25, 0.3) is 0 Å². The number of hydrogen-bond donors (Lipinski definition) is 1. The molecule has 2 aromatic rings. The van der Waals surface area contributed by atoms with E-state index in [1.807, 2.05) is 24.3 Å². The summed E-state index contributed by atoms with van der Waals surface area (Å²) in [5.41, 5.74) is 2.12. The molecule has 6 nitrogen and oxygen atoms in total. The maximum Gasteiger partial charge on any atom is 0.256 e. The molecule has 0 bridgehead atoms. The van der Waals surface area contributed by atoms with E-state index in [2.05, 4.69) is 10.3 Å². The zero-order chi connectivity index (χ0) is 16.8. The predicted octanol–water partition coefficient (Wildman–Crippen LogP) is 1.23. The summed E-state index contributed by atoms with van der Waals surface area (Å²) in [6.45, 7) is 4.32. The quantitative estimate of drug-likeness (QED) is 0.870. The van der Waals surface area contributed by atoms with Gasteiger partial charge in [-0.05, 0) is 19.9 Å². The Morgan fingerprint density at radius 1 is 1.30 bits per heavy atom. The first-order chi connectivity index (χ1) is 11.0. The molecule has 122 valence electrons. The molecule has 0 aliphatic rings. The third-order valence-electron chi connectivity index (χ3n) is 3.73. The number of nitrogens with zero attached hydrogens (tertiary/aromatic N) is 2. The second-order valence-corrected chi connectivity index (χ2v) is 5.29. The van der Waals surface area contributed by atoms with Crippen molar-refractivity contribution in [3.05, 3.63) is 57.8 Å². The summed E-state index contributed by atoms with van der Waals surface area (Å²) in [5.74, 6) is 0.580. The SMILES string of the molecule is COc1ccccc1CC(=O)NCCn1cnc(C)c(C)c1=O. The zero-order valence-corrected chi connectivity index (χ0v) is 13.6. The molecular formula is C17H21N3O3. The van der Waals surface area contributed by atoms with Gasteiger partial charge in [0.2, 0.25) is 5.91 Å². The standard InChI is InChI=1S/C17H21N3O3/c1-12-13(2)19-11-20(17(12)22)9-8-18-16(21)10-14-6-4-5-7-15(14)23-3/h4-7,11H,8-10H2,1-3H3,(H,18,21). The summed E-state index contributed by atoms with van der Waals surface area (Å²) in [6, 6.07) is 7.41. The average molecular weight is 315 g/mol. The molecule has 1 aromatic carbocycles. The second-order valence-electron chi connectivity index (χ2n) is 5.29. The highest BCUT2D eigenvalue weighted by atomic mass is 16.5. The van der Waals surface area contributed by atoms with Gasteiger partial charge in [0.25, 0.3) is 5.56 Å². The molecule has 2 rings (SSSR count). The van der Waals surface area contributed by atoms with Gasteiger partial charge in [0, 0.05) is 29.9 Å². The van der Waals surface area contributed by atoms with E-state index >= 15 is 0 Å². The Kier molecular flexibility index (Phi) is 5.51. The molecule has 23 heavy (non-hydrogen) atoms. The Hall–Kier alpha value is -2.63. The van der Waals surface area contributed by atoms with Crippen LogP contribution in [-0.4, -0.2) is 29.1 Å². The minimum Gasteiger partial charge on any atom is -0.496 e. The van der Waals surface area contributed by atoms with Crippen molar-refractivity contribution in [2.45, 2.75) is 26.8 Å². The largest absolute Gasteiger partial charge is 0.496 e. The van der Waals surface area contributed by atoms with Gasteiger partial charge in [-0.3, -0.25) is 14.2 Å². The van der Waals surface area contributed by atoms with E-state index in [1.165, 1.54) is 10.9 Å². The summed E-state index contributed by atoms with van der Waals surface area (Å²) in [5, 5.41) is 2.81. The van der Waals surface area contributed by atoms with E-state index in [9.17, 15) is 9.59 Å². The van der Waals surface area contributed by atoms with Crippen molar-refractivity contribution in [2.24, 2.45) is 0 Å². The van der Waals surface area contributed by atoms with Gasteiger partial charge in [-0.1, -0.05) is 18.2 Å². The number of aryl methyl sites for hydroxylation is 1. The van der Waals surface area contributed by atoms with Gasteiger partial charge in [-0.15, -0.1) is 0 Å². The van der Waals surface area contributed by atoms with Gasteiger partial charge < -0.3 is 10.1 Å². The Balaban J connectivity index is 1.90. The second kappa shape index (κ2) is 7.58. The maximum absolute atomic E-state index is 12.0. The van der Waals surface area contributed by atoms with Crippen LogP contribution in [0.4, 0.5) is 0 Å². The molecule has 0 spiro atoms. The number of benzene rings is 1. The smallest absolute Gasteiger partial charge is 0.256 e. The van der Waals surface area contributed by atoms with Gasteiger partial charge in [-0.2, -0.15) is 0 Å². The van der Waals surface area contributed by atoms with Gasteiger partial charge >= 0.3 is 0 Å². The molecular weight excluding hydrogens is 294 g/mol. The average Bonchev–Trinajstić information content (AvgIpc) is 2.55. The number of nitrogens with one attached hydrogen (secondary N) is 1. The number of rotatable bonds is 6. The molecule has 6 heteroatoms. The Morgan fingerprint density at radius 3 is 2.78 bits per heavy atom. The van der Waals surface area contributed by atoms with Gasteiger partial charge in [0.05, 0.1) is 19.9 Å². The van der Waals surface area contributed by atoms with E-state index in [0.717, 1.165) is 11.3 Å². The summed E-state index contributed by atoms with van der Waals surface area (Å²) < 4.78 is 6.73. The van der Waals surface area contributed by atoms with E-state index in [0.29, 0.717) is 24.4 Å². The molecule has 1 amide bonds. The predicted molar refractivity (Wildman–Crippen MR) is 87.7 cm³/mol. The van der Waals surface area contributed by atoms with Crippen LogP contribution in [-0.2, 0) is 17.8 Å². The highest BCUT2D eigenvalue weighted by molar-refractivity contribution is 5.79. The summed E-state index contributed by atoms with van der Waals surface area (Å²) in [7, 11) is 1.58. The third-order valence-corrected chi connectivity index (χ3v) is 3.73. The monoisotopic (exact) mass is 315 g/mol. The molecule has 0 saturated carbocycles. The van der Waals surface area contributed by atoms with E-state index in [1.54, 1.807) is 21.0 Å². The number of ether oxygens (including phenoxy) is 1. The molecule has 0 radical (unpaired) electrons. The fraction of sp³-hybridized carbons (Fsp3) is 0.353. The Bertz CT molecular complexity index is 753. The number of methoxy groups -OCH3 is 1. The molecule has 1 heterocycles. The van der Waals surface area contributed by atoms with Gasteiger partial charge in [0.1, 0.15) is 5.75 Å².